The maximum absolute atomic E-state index is 13.4. The molecule has 0 N–H and O–H groups in total. The molecule has 0 saturated heterocycles. The number of ether oxygens (including phenoxy) is 2. The van der Waals surface area contributed by atoms with Crippen molar-refractivity contribution in [2.24, 2.45) is 0 Å². The van der Waals surface area contributed by atoms with Crippen molar-refractivity contribution in [1.29, 1.82) is 0 Å². The maximum Gasteiger partial charge on any atom is 0.416 e. The minimum absolute atomic E-state index is 0.00293. The molecule has 0 fully saturated rings. The Bertz CT molecular complexity index is 1190. The molecule has 0 bridgehead atoms. The Kier molecular flexibility index (Phi) is 8.67. The first-order valence-electron chi connectivity index (χ1n) is 11.2. The van der Waals surface area contributed by atoms with Gasteiger partial charge in [0.25, 0.3) is 0 Å². The summed E-state index contributed by atoms with van der Waals surface area (Å²) < 4.78 is 90.4. The molecule has 6 nitrogen and oxygen atoms in total. The summed E-state index contributed by atoms with van der Waals surface area (Å²) in [4.78, 5) is 27.8. The van der Waals surface area contributed by atoms with Gasteiger partial charge in [-0.1, -0.05) is 29.3 Å². The molecule has 1 aliphatic rings. The second kappa shape index (κ2) is 11.1. The third-order valence-electron chi connectivity index (χ3n) is 5.96. The van der Waals surface area contributed by atoms with Gasteiger partial charge >= 0.3 is 24.5 Å². The van der Waals surface area contributed by atoms with E-state index in [-0.39, 0.29) is 40.4 Å². The number of amides is 2. The van der Waals surface area contributed by atoms with Gasteiger partial charge in [-0.25, -0.2) is 9.59 Å². The van der Waals surface area contributed by atoms with Crippen LogP contribution in [0.4, 0.5) is 41.6 Å². The monoisotopic (exact) mass is 586 g/mol. The van der Waals surface area contributed by atoms with E-state index in [0.29, 0.717) is 12.1 Å². The fourth-order valence-corrected chi connectivity index (χ4v) is 4.75. The number of alkyl halides is 6. The highest BCUT2D eigenvalue weighted by Gasteiger charge is 2.42. The number of carbonyl (C=O) groups excluding carboxylic acids is 2. The third kappa shape index (κ3) is 6.06. The minimum Gasteiger partial charge on any atom is -0.453 e. The number of anilines is 1. The van der Waals surface area contributed by atoms with Crippen LogP contribution in [0.25, 0.3) is 0 Å². The second-order valence-corrected chi connectivity index (χ2v) is 9.27. The van der Waals surface area contributed by atoms with E-state index in [1.165, 1.54) is 17.0 Å². The van der Waals surface area contributed by atoms with Crippen LogP contribution in [-0.2, 0) is 28.4 Å². The van der Waals surface area contributed by atoms with Crippen LogP contribution in [-0.4, -0.2) is 36.8 Å². The van der Waals surface area contributed by atoms with E-state index in [0.717, 1.165) is 12.0 Å². The van der Waals surface area contributed by atoms with Crippen LogP contribution in [0.2, 0.25) is 10.0 Å². The number of methoxy groups -OCH3 is 1. The standard InChI is InChI=1S/C24H22Cl2F6N2O4/c1-4-38-22(36)34-12(2)7-18(16-5-6-17(25)19(26)20(16)34)33(21(35)37-3)11-13-8-14(23(27,28)29)10-15(9-13)24(30,31)32/h5-6,8-10,12,18H,4,7,11H2,1-3H3. The molecular formula is C24H22Cl2F6N2O4. The molecular weight excluding hydrogens is 565 g/mol. The van der Waals surface area contributed by atoms with Crippen molar-refractivity contribution in [1.82, 2.24) is 4.90 Å². The Morgan fingerprint density at radius 1 is 1.05 bits per heavy atom. The summed E-state index contributed by atoms with van der Waals surface area (Å²) in [6.45, 7) is 2.59. The quantitative estimate of drug-likeness (QED) is 0.340. The topological polar surface area (TPSA) is 59.1 Å². The van der Waals surface area contributed by atoms with E-state index in [1.807, 2.05) is 0 Å². The van der Waals surface area contributed by atoms with Crippen LogP contribution in [0.1, 0.15) is 48.6 Å². The van der Waals surface area contributed by atoms with Crippen LogP contribution in [0, 0.1) is 0 Å². The first-order chi connectivity index (χ1) is 17.6. The molecule has 2 aromatic rings. The smallest absolute Gasteiger partial charge is 0.416 e. The van der Waals surface area contributed by atoms with Gasteiger partial charge in [0.2, 0.25) is 0 Å². The van der Waals surface area contributed by atoms with Crippen molar-refractivity contribution in [3.05, 3.63) is 62.6 Å². The van der Waals surface area contributed by atoms with Crippen LogP contribution in [0.5, 0.6) is 0 Å². The third-order valence-corrected chi connectivity index (χ3v) is 6.75. The van der Waals surface area contributed by atoms with Crippen LogP contribution in [0.15, 0.2) is 30.3 Å². The number of fused-ring (bicyclic) bond motifs is 1. The Hall–Kier alpha value is -2.86. The first kappa shape index (κ1) is 29.7. The van der Waals surface area contributed by atoms with Gasteiger partial charge in [-0.2, -0.15) is 26.3 Å². The zero-order valence-corrected chi connectivity index (χ0v) is 21.7. The van der Waals surface area contributed by atoms with E-state index < -0.39 is 59.9 Å². The molecule has 14 heteroatoms. The average Bonchev–Trinajstić information content (AvgIpc) is 2.83. The summed E-state index contributed by atoms with van der Waals surface area (Å²) in [7, 11) is 1.02. The number of benzene rings is 2. The number of carbonyl (C=O) groups is 2. The Morgan fingerprint density at radius 3 is 2.13 bits per heavy atom. The van der Waals surface area contributed by atoms with E-state index in [9.17, 15) is 35.9 Å². The van der Waals surface area contributed by atoms with Gasteiger partial charge < -0.3 is 9.47 Å². The van der Waals surface area contributed by atoms with Crippen LogP contribution in [0.3, 0.4) is 0 Å². The molecule has 0 radical (unpaired) electrons. The summed E-state index contributed by atoms with van der Waals surface area (Å²) >= 11 is 12.6. The van der Waals surface area contributed by atoms with Gasteiger partial charge in [-0.05, 0) is 50.1 Å². The molecule has 38 heavy (non-hydrogen) atoms. The van der Waals surface area contributed by atoms with Crippen molar-refractivity contribution < 1.29 is 45.4 Å². The van der Waals surface area contributed by atoms with Gasteiger partial charge in [-0.15, -0.1) is 0 Å². The van der Waals surface area contributed by atoms with Gasteiger partial charge in [0.15, 0.2) is 0 Å². The highest BCUT2D eigenvalue weighted by molar-refractivity contribution is 6.44. The molecule has 0 aliphatic carbocycles. The Balaban J connectivity index is 2.16. The SMILES string of the molecule is CCOC(=O)N1c2c(ccc(Cl)c2Cl)C(N(Cc2cc(C(F)(F)F)cc(C(F)(F)F)c2)C(=O)OC)CC1C. The van der Waals surface area contributed by atoms with Gasteiger partial charge in [0, 0.05) is 18.2 Å². The van der Waals surface area contributed by atoms with E-state index in [4.69, 9.17) is 32.7 Å². The first-order valence-corrected chi connectivity index (χ1v) is 11.9. The normalized spacial score (nSPS) is 17.6. The lowest BCUT2D eigenvalue weighted by Gasteiger charge is -2.43. The van der Waals surface area contributed by atoms with Crippen LogP contribution < -0.4 is 4.90 Å². The summed E-state index contributed by atoms with van der Waals surface area (Å²) in [6.07, 6.45) is -11.9. The summed E-state index contributed by atoms with van der Waals surface area (Å²) in [5.74, 6) is 0. The zero-order chi connectivity index (χ0) is 28.6. The second-order valence-electron chi connectivity index (χ2n) is 8.48. The molecule has 2 amide bonds. The number of nitrogens with zero attached hydrogens (tertiary/aromatic N) is 2. The lowest BCUT2D eigenvalue weighted by Crippen LogP contribution is -2.47. The minimum atomic E-state index is -5.07. The molecule has 2 aromatic carbocycles. The molecule has 1 heterocycles. The highest BCUT2D eigenvalue weighted by Crippen LogP contribution is 2.47. The van der Waals surface area contributed by atoms with Crippen molar-refractivity contribution in [3.8, 4) is 0 Å². The maximum atomic E-state index is 13.4. The summed E-state index contributed by atoms with van der Waals surface area (Å²) in [5.41, 5.74) is -3.09. The molecule has 1 aliphatic heterocycles. The average molecular weight is 587 g/mol. The largest absolute Gasteiger partial charge is 0.453 e. The fraction of sp³-hybridized carbons (Fsp3) is 0.417. The summed E-state index contributed by atoms with van der Waals surface area (Å²) in [6, 6.07) is 2.32. The lowest BCUT2D eigenvalue weighted by molar-refractivity contribution is -0.143. The van der Waals surface area contributed by atoms with Crippen LogP contribution >= 0.6 is 23.2 Å². The fourth-order valence-electron chi connectivity index (χ4n) is 4.33. The molecule has 0 spiro atoms. The number of hydrogen-bond acceptors (Lipinski definition) is 4. The predicted molar refractivity (Wildman–Crippen MR) is 127 cm³/mol. The Morgan fingerprint density at radius 2 is 1.63 bits per heavy atom. The molecule has 3 rings (SSSR count). The predicted octanol–water partition coefficient (Wildman–Crippen LogP) is 8.10. The van der Waals surface area contributed by atoms with E-state index in [2.05, 4.69) is 0 Å². The zero-order valence-electron chi connectivity index (χ0n) is 20.2. The van der Waals surface area contributed by atoms with Crippen molar-refractivity contribution in [3.63, 3.8) is 0 Å². The van der Waals surface area contributed by atoms with E-state index >= 15 is 0 Å². The molecule has 2 unspecified atom stereocenters. The lowest BCUT2D eigenvalue weighted by atomic mass is 9.90. The van der Waals surface area contributed by atoms with Crippen molar-refractivity contribution in [2.75, 3.05) is 18.6 Å². The van der Waals surface area contributed by atoms with Crippen molar-refractivity contribution >= 4 is 41.1 Å². The van der Waals surface area contributed by atoms with E-state index in [1.54, 1.807) is 13.8 Å². The van der Waals surface area contributed by atoms with Gasteiger partial charge in [0.1, 0.15) is 0 Å². The number of halogens is 8. The molecule has 208 valence electrons. The van der Waals surface area contributed by atoms with Gasteiger partial charge in [0.05, 0.1) is 46.6 Å². The number of hydrogen-bond donors (Lipinski definition) is 0. The molecule has 0 aromatic heterocycles. The highest BCUT2D eigenvalue weighted by atomic mass is 35.5. The molecule has 0 saturated carbocycles. The number of rotatable bonds is 4. The Labute approximate surface area is 224 Å². The summed E-state index contributed by atoms with van der Waals surface area (Å²) in [5, 5.41) is 0.0295. The van der Waals surface area contributed by atoms with Gasteiger partial charge in [-0.3, -0.25) is 9.80 Å². The molecule has 2 atom stereocenters. The van der Waals surface area contributed by atoms with Crippen molar-refractivity contribution in [2.45, 2.75) is 51.2 Å².